The summed E-state index contributed by atoms with van der Waals surface area (Å²) in [6.07, 6.45) is 6.45. The van der Waals surface area contributed by atoms with E-state index in [0.29, 0.717) is 11.4 Å². The van der Waals surface area contributed by atoms with Gasteiger partial charge >= 0.3 is 0 Å². The molecule has 0 aliphatic heterocycles. The molecule has 0 unspecified atom stereocenters. The van der Waals surface area contributed by atoms with E-state index >= 15 is 0 Å². The Kier molecular flexibility index (Phi) is 1.47. The molecule has 5 heteroatoms. The van der Waals surface area contributed by atoms with E-state index in [-0.39, 0.29) is 5.43 Å². The van der Waals surface area contributed by atoms with Crippen molar-refractivity contribution in [1.82, 2.24) is 20.0 Å². The van der Waals surface area contributed by atoms with Crippen molar-refractivity contribution in [2.45, 2.75) is 25.3 Å². The topological polar surface area (TPSA) is 63.6 Å². The molecule has 0 radical (unpaired) electrons. The summed E-state index contributed by atoms with van der Waals surface area (Å²) in [6.45, 7) is 0. The number of nitrogens with zero attached hydrogens (tertiary/aromatic N) is 3. The fourth-order valence-electron chi connectivity index (χ4n) is 1.78. The maximum atomic E-state index is 11.4. The van der Waals surface area contributed by atoms with Crippen molar-refractivity contribution in [2.24, 2.45) is 0 Å². The van der Waals surface area contributed by atoms with Gasteiger partial charge in [0.2, 0.25) is 5.43 Å². The number of rotatable bonds is 1. The Morgan fingerprint density at radius 2 is 2.29 bits per heavy atom. The zero-order valence-electron chi connectivity index (χ0n) is 7.60. The van der Waals surface area contributed by atoms with Gasteiger partial charge in [0.25, 0.3) is 0 Å². The summed E-state index contributed by atoms with van der Waals surface area (Å²) in [5.74, 6) is 0. The summed E-state index contributed by atoms with van der Waals surface area (Å²) >= 11 is 0. The van der Waals surface area contributed by atoms with Crippen LogP contribution in [0.4, 0.5) is 0 Å². The van der Waals surface area contributed by atoms with E-state index < -0.39 is 0 Å². The van der Waals surface area contributed by atoms with Gasteiger partial charge in [0.05, 0.1) is 23.8 Å². The highest BCUT2D eigenvalue weighted by Gasteiger charge is 2.22. The molecule has 1 fully saturated rings. The van der Waals surface area contributed by atoms with E-state index in [1.165, 1.54) is 12.6 Å². The lowest BCUT2D eigenvalue weighted by molar-refractivity contribution is 0.295. The van der Waals surface area contributed by atoms with Gasteiger partial charge in [-0.05, 0) is 19.3 Å². The molecule has 0 aromatic carbocycles. The van der Waals surface area contributed by atoms with Gasteiger partial charge in [-0.25, -0.2) is 4.68 Å². The Morgan fingerprint density at radius 1 is 1.43 bits per heavy atom. The monoisotopic (exact) mass is 190 g/mol. The zero-order valence-corrected chi connectivity index (χ0v) is 7.60. The Morgan fingerprint density at radius 3 is 3.00 bits per heavy atom. The highest BCUT2D eigenvalue weighted by atomic mass is 16.1. The number of hydrogen-bond acceptors (Lipinski definition) is 3. The third-order valence-corrected chi connectivity index (χ3v) is 2.83. The van der Waals surface area contributed by atoms with Crippen LogP contribution in [0.1, 0.15) is 25.3 Å². The van der Waals surface area contributed by atoms with E-state index in [1.54, 1.807) is 6.20 Å². The number of nitrogens with one attached hydrogen (secondary N) is 1. The van der Waals surface area contributed by atoms with Crippen LogP contribution in [-0.2, 0) is 0 Å². The molecule has 0 amide bonds. The van der Waals surface area contributed by atoms with Gasteiger partial charge in [0.15, 0.2) is 5.65 Å². The Bertz CT molecular complexity index is 523. The highest BCUT2D eigenvalue weighted by Crippen LogP contribution is 2.32. The normalized spacial score (nSPS) is 17.1. The average molecular weight is 190 g/mol. The first kappa shape index (κ1) is 7.73. The van der Waals surface area contributed by atoms with Crippen LogP contribution in [0.15, 0.2) is 17.2 Å². The summed E-state index contributed by atoms with van der Waals surface area (Å²) in [5.41, 5.74) is 0.687. The van der Waals surface area contributed by atoms with E-state index in [2.05, 4.69) is 15.3 Å². The second-order valence-corrected chi connectivity index (χ2v) is 3.67. The predicted molar refractivity (Wildman–Crippen MR) is 51.0 cm³/mol. The molecule has 0 saturated heterocycles. The quantitative estimate of drug-likeness (QED) is 0.724. The van der Waals surface area contributed by atoms with Crippen LogP contribution >= 0.6 is 0 Å². The Labute approximate surface area is 79.7 Å². The Balaban J connectivity index is 2.25. The largest absolute Gasteiger partial charge is 0.287 e. The molecular formula is C9H10N4O. The fourth-order valence-corrected chi connectivity index (χ4v) is 1.78. The number of aromatic nitrogens is 4. The van der Waals surface area contributed by atoms with Crippen molar-refractivity contribution in [1.29, 1.82) is 0 Å². The summed E-state index contributed by atoms with van der Waals surface area (Å²) in [7, 11) is 0. The van der Waals surface area contributed by atoms with E-state index in [0.717, 1.165) is 18.5 Å². The molecular weight excluding hydrogens is 180 g/mol. The van der Waals surface area contributed by atoms with Gasteiger partial charge in [-0.1, -0.05) is 0 Å². The van der Waals surface area contributed by atoms with E-state index in [4.69, 9.17) is 0 Å². The molecule has 0 bridgehead atoms. The lowest BCUT2D eigenvalue weighted by Gasteiger charge is -2.25. The number of hydrogen-bond donors (Lipinski definition) is 1. The molecule has 1 aliphatic carbocycles. The fraction of sp³-hybridized carbons (Fsp3) is 0.444. The first-order chi connectivity index (χ1) is 6.86. The van der Waals surface area contributed by atoms with E-state index in [1.807, 2.05) is 4.68 Å². The number of H-pyrrole nitrogens is 1. The maximum absolute atomic E-state index is 11.4. The van der Waals surface area contributed by atoms with Crippen LogP contribution < -0.4 is 5.43 Å². The van der Waals surface area contributed by atoms with E-state index in [9.17, 15) is 4.79 Å². The van der Waals surface area contributed by atoms with Gasteiger partial charge in [0, 0.05) is 0 Å². The Hall–Kier alpha value is -1.65. The zero-order chi connectivity index (χ0) is 9.54. The van der Waals surface area contributed by atoms with Crippen LogP contribution in [0.5, 0.6) is 0 Å². The molecule has 1 aliphatic rings. The average Bonchev–Trinajstić information content (AvgIpc) is 2.48. The second kappa shape index (κ2) is 2.67. The molecule has 5 nitrogen and oxygen atoms in total. The molecule has 1 N–H and O–H groups in total. The van der Waals surface area contributed by atoms with Crippen molar-refractivity contribution >= 4 is 11.0 Å². The van der Waals surface area contributed by atoms with Crippen LogP contribution in [0.25, 0.3) is 11.0 Å². The third kappa shape index (κ3) is 0.921. The SMILES string of the molecule is O=c1cn[nH]c2c1cnn2C1CCC1. The van der Waals surface area contributed by atoms with Crippen molar-refractivity contribution in [3.63, 3.8) is 0 Å². The molecule has 2 aromatic rings. The third-order valence-electron chi connectivity index (χ3n) is 2.83. The van der Waals surface area contributed by atoms with Gasteiger partial charge < -0.3 is 0 Å². The summed E-state index contributed by atoms with van der Waals surface area (Å²) < 4.78 is 1.88. The first-order valence-electron chi connectivity index (χ1n) is 4.77. The minimum atomic E-state index is -0.0654. The standard InChI is InChI=1S/C9H10N4O/c14-8-5-10-12-9-7(8)4-11-13(9)6-2-1-3-6/h4-6H,1-3H2,(H,12,14). The van der Waals surface area contributed by atoms with Gasteiger partial charge in [0.1, 0.15) is 0 Å². The maximum Gasteiger partial charge on any atom is 0.211 e. The molecule has 0 atom stereocenters. The van der Waals surface area contributed by atoms with Crippen molar-refractivity contribution in [3.05, 3.63) is 22.6 Å². The molecule has 1 saturated carbocycles. The minimum absolute atomic E-state index is 0.0654. The minimum Gasteiger partial charge on any atom is -0.287 e. The lowest BCUT2D eigenvalue weighted by atomic mass is 9.93. The molecule has 14 heavy (non-hydrogen) atoms. The van der Waals surface area contributed by atoms with Crippen LogP contribution in [0.2, 0.25) is 0 Å². The molecule has 72 valence electrons. The number of fused-ring (bicyclic) bond motifs is 1. The lowest BCUT2D eigenvalue weighted by Crippen LogP contribution is -2.18. The summed E-state index contributed by atoms with van der Waals surface area (Å²) in [6, 6.07) is 0.451. The molecule has 2 heterocycles. The predicted octanol–water partition coefficient (Wildman–Crippen LogP) is 0.845. The van der Waals surface area contributed by atoms with Crippen molar-refractivity contribution in [3.8, 4) is 0 Å². The molecule has 3 rings (SSSR count). The summed E-state index contributed by atoms with van der Waals surface area (Å²) in [4.78, 5) is 11.4. The van der Waals surface area contributed by atoms with Gasteiger partial charge in [-0.3, -0.25) is 9.89 Å². The van der Waals surface area contributed by atoms with Crippen molar-refractivity contribution < 1.29 is 0 Å². The highest BCUT2D eigenvalue weighted by molar-refractivity contribution is 5.73. The first-order valence-corrected chi connectivity index (χ1v) is 4.77. The second-order valence-electron chi connectivity index (χ2n) is 3.67. The van der Waals surface area contributed by atoms with Crippen LogP contribution in [-0.4, -0.2) is 20.0 Å². The molecule has 0 spiro atoms. The van der Waals surface area contributed by atoms with Gasteiger partial charge in [-0.15, -0.1) is 0 Å². The van der Waals surface area contributed by atoms with Gasteiger partial charge in [-0.2, -0.15) is 10.2 Å². The smallest absolute Gasteiger partial charge is 0.211 e. The van der Waals surface area contributed by atoms with Crippen molar-refractivity contribution in [2.75, 3.05) is 0 Å². The van der Waals surface area contributed by atoms with Crippen LogP contribution in [0, 0.1) is 0 Å². The van der Waals surface area contributed by atoms with Crippen LogP contribution in [0.3, 0.4) is 0 Å². The summed E-state index contributed by atoms with van der Waals surface area (Å²) in [5, 5.41) is 11.5. The number of aromatic amines is 1. The molecule has 2 aromatic heterocycles.